The average molecular weight is 206 g/mol. The van der Waals surface area contributed by atoms with Crippen LogP contribution in [0.3, 0.4) is 0 Å². The molecule has 14 heavy (non-hydrogen) atoms. The molecule has 77 valence electrons. The molecule has 2 heteroatoms. The minimum Gasteiger partial charge on any atom is -0.299 e. The Balaban J connectivity index is 3.74. The van der Waals surface area contributed by atoms with Crippen molar-refractivity contribution >= 4 is 8.80 Å². The third-order valence-corrected chi connectivity index (χ3v) is 2.71. The van der Waals surface area contributed by atoms with Crippen molar-refractivity contribution in [3.8, 4) is 22.9 Å². The number of hydrogen-bond acceptors (Lipinski definition) is 1. The van der Waals surface area contributed by atoms with Gasteiger partial charge in [0.05, 0.1) is 6.54 Å². The highest BCUT2D eigenvalue weighted by atomic mass is 28.3. The summed E-state index contributed by atoms with van der Waals surface area (Å²) in [5.74, 6) is 6.35. The highest BCUT2D eigenvalue weighted by molar-refractivity contribution is 6.74. The van der Waals surface area contributed by atoms with Gasteiger partial charge in [-0.1, -0.05) is 19.3 Å². The number of nitrogens with zero attached hydrogens (tertiary/aromatic N) is 1. The predicted molar refractivity (Wildman–Crippen MR) is 65.2 cm³/mol. The van der Waals surface area contributed by atoms with Crippen molar-refractivity contribution in [3.63, 3.8) is 0 Å². The lowest BCUT2D eigenvalue weighted by molar-refractivity contribution is 0.464. The van der Waals surface area contributed by atoms with Crippen LogP contribution in [-0.2, 0) is 0 Å². The number of hydrogen-bond donors (Lipinski definition) is 0. The van der Waals surface area contributed by atoms with Gasteiger partial charge in [0.2, 0.25) is 8.80 Å². The zero-order valence-corrected chi connectivity index (χ0v) is 10.8. The van der Waals surface area contributed by atoms with E-state index in [4.69, 9.17) is 0 Å². The highest BCUT2D eigenvalue weighted by Gasteiger charge is 1.92. The molecule has 0 atom stereocenters. The third kappa shape index (κ3) is 9.39. The Hall–Kier alpha value is -0.703. The summed E-state index contributed by atoms with van der Waals surface area (Å²) in [5.41, 5.74) is 6.48. The van der Waals surface area contributed by atoms with Crippen molar-refractivity contribution in [3.05, 3.63) is 0 Å². The molecule has 0 fully saturated rings. The van der Waals surface area contributed by atoms with Crippen LogP contribution in [0.2, 0.25) is 6.55 Å². The molecule has 0 saturated carbocycles. The van der Waals surface area contributed by atoms with Crippen molar-refractivity contribution in [1.29, 1.82) is 0 Å². The van der Waals surface area contributed by atoms with Gasteiger partial charge in [-0.15, -0.1) is 17.0 Å². The van der Waals surface area contributed by atoms with Crippen LogP contribution in [0.4, 0.5) is 0 Å². The SMILES string of the molecule is CCCCC#C[Si](C)C#CCN(C)C. The van der Waals surface area contributed by atoms with Crippen LogP contribution in [0.15, 0.2) is 0 Å². The molecule has 1 nitrogen and oxygen atoms in total. The van der Waals surface area contributed by atoms with E-state index in [1.54, 1.807) is 0 Å². The lowest BCUT2D eigenvalue weighted by Crippen LogP contribution is -2.11. The number of rotatable bonds is 3. The molecular weight excluding hydrogens is 186 g/mol. The second-order valence-corrected chi connectivity index (χ2v) is 5.32. The Bertz CT molecular complexity index is 249. The third-order valence-electron chi connectivity index (χ3n) is 1.60. The van der Waals surface area contributed by atoms with Gasteiger partial charge in [0, 0.05) is 6.42 Å². The van der Waals surface area contributed by atoms with Crippen LogP contribution >= 0.6 is 0 Å². The van der Waals surface area contributed by atoms with E-state index in [1.807, 2.05) is 14.1 Å². The summed E-state index contributed by atoms with van der Waals surface area (Å²) in [5, 5.41) is 0. The molecule has 0 N–H and O–H groups in total. The van der Waals surface area contributed by atoms with Gasteiger partial charge in [-0.3, -0.25) is 4.90 Å². The molecule has 0 heterocycles. The van der Waals surface area contributed by atoms with Crippen molar-refractivity contribution in [1.82, 2.24) is 4.90 Å². The van der Waals surface area contributed by atoms with E-state index in [-0.39, 0.29) is 0 Å². The quantitative estimate of drug-likeness (QED) is 0.387. The average Bonchev–Trinajstić information content (AvgIpc) is 2.12. The Morgan fingerprint density at radius 3 is 2.36 bits per heavy atom. The van der Waals surface area contributed by atoms with Gasteiger partial charge < -0.3 is 0 Å². The molecule has 0 aliphatic rings. The highest BCUT2D eigenvalue weighted by Crippen LogP contribution is 1.90. The van der Waals surface area contributed by atoms with Crippen LogP contribution in [0.1, 0.15) is 26.2 Å². The van der Waals surface area contributed by atoms with Crippen LogP contribution in [0.25, 0.3) is 0 Å². The standard InChI is InChI=1S/C12H20NSi/c1-5-6-7-8-11-14(4)12-9-10-13(2)3/h5-7,10H2,1-4H3. The molecule has 0 aromatic carbocycles. The molecule has 0 aliphatic heterocycles. The van der Waals surface area contributed by atoms with Crippen LogP contribution in [0.5, 0.6) is 0 Å². The van der Waals surface area contributed by atoms with E-state index in [1.165, 1.54) is 12.8 Å². The monoisotopic (exact) mass is 206 g/mol. The molecule has 0 saturated heterocycles. The van der Waals surface area contributed by atoms with E-state index in [9.17, 15) is 0 Å². The first-order chi connectivity index (χ1) is 6.66. The Morgan fingerprint density at radius 2 is 1.79 bits per heavy atom. The van der Waals surface area contributed by atoms with E-state index in [0.717, 1.165) is 13.0 Å². The molecular formula is C12H20NSi. The maximum Gasteiger partial charge on any atom is 0.230 e. The van der Waals surface area contributed by atoms with E-state index >= 15 is 0 Å². The second-order valence-electron chi connectivity index (χ2n) is 3.57. The van der Waals surface area contributed by atoms with Crippen LogP contribution < -0.4 is 0 Å². The van der Waals surface area contributed by atoms with Gasteiger partial charge >= 0.3 is 0 Å². The van der Waals surface area contributed by atoms with Crippen LogP contribution in [-0.4, -0.2) is 34.3 Å². The van der Waals surface area contributed by atoms with Crippen molar-refractivity contribution in [2.45, 2.75) is 32.7 Å². The minimum atomic E-state index is -0.715. The van der Waals surface area contributed by atoms with Gasteiger partial charge in [-0.2, -0.15) is 0 Å². The molecule has 0 aromatic heterocycles. The first-order valence-corrected chi connectivity index (χ1v) is 7.12. The van der Waals surface area contributed by atoms with Crippen molar-refractivity contribution in [2.24, 2.45) is 0 Å². The van der Waals surface area contributed by atoms with E-state index < -0.39 is 8.80 Å². The maximum atomic E-state index is 3.25. The lowest BCUT2D eigenvalue weighted by Gasteiger charge is -2.00. The fourth-order valence-electron chi connectivity index (χ4n) is 0.822. The molecule has 0 unspecified atom stereocenters. The van der Waals surface area contributed by atoms with Gasteiger partial charge in [0.1, 0.15) is 0 Å². The van der Waals surface area contributed by atoms with Crippen molar-refractivity contribution in [2.75, 3.05) is 20.6 Å². The van der Waals surface area contributed by atoms with Gasteiger partial charge in [-0.05, 0) is 27.1 Å². The molecule has 1 radical (unpaired) electrons. The van der Waals surface area contributed by atoms with Crippen molar-refractivity contribution < 1.29 is 0 Å². The smallest absolute Gasteiger partial charge is 0.230 e. The molecule has 0 aliphatic carbocycles. The predicted octanol–water partition coefficient (Wildman–Crippen LogP) is 1.95. The first kappa shape index (κ1) is 13.3. The zero-order chi connectivity index (χ0) is 10.8. The summed E-state index contributed by atoms with van der Waals surface area (Å²) in [7, 11) is 3.35. The normalized spacial score (nSPS) is 9.29. The maximum absolute atomic E-state index is 3.25. The minimum absolute atomic E-state index is 0.715. The van der Waals surface area contributed by atoms with E-state index in [2.05, 4.69) is 41.3 Å². The molecule has 0 aromatic rings. The summed E-state index contributed by atoms with van der Waals surface area (Å²) < 4.78 is 0. The van der Waals surface area contributed by atoms with Gasteiger partial charge in [0.25, 0.3) is 0 Å². The summed E-state index contributed by atoms with van der Waals surface area (Å²) in [6.45, 7) is 5.20. The summed E-state index contributed by atoms with van der Waals surface area (Å²) >= 11 is 0. The van der Waals surface area contributed by atoms with Gasteiger partial charge in [0.15, 0.2) is 0 Å². The van der Waals surface area contributed by atoms with Gasteiger partial charge in [-0.25, -0.2) is 0 Å². The molecule has 0 amide bonds. The lowest BCUT2D eigenvalue weighted by atomic mass is 10.3. The topological polar surface area (TPSA) is 3.24 Å². The fraction of sp³-hybridized carbons (Fsp3) is 0.667. The molecule has 0 spiro atoms. The van der Waals surface area contributed by atoms with Crippen LogP contribution in [0, 0.1) is 22.9 Å². The Morgan fingerprint density at radius 1 is 1.14 bits per heavy atom. The second kappa shape index (κ2) is 8.88. The Labute approximate surface area is 90.5 Å². The largest absolute Gasteiger partial charge is 0.299 e. The molecule has 0 bridgehead atoms. The first-order valence-electron chi connectivity index (χ1n) is 5.12. The summed E-state index contributed by atoms with van der Waals surface area (Å²) in [6.07, 6.45) is 3.48. The fourth-order valence-corrected chi connectivity index (χ4v) is 1.62. The zero-order valence-electron chi connectivity index (χ0n) is 9.78. The summed E-state index contributed by atoms with van der Waals surface area (Å²) in [6, 6.07) is 0. The Kier molecular flexibility index (Phi) is 8.43. The summed E-state index contributed by atoms with van der Waals surface area (Å²) in [4.78, 5) is 2.08. The number of unbranched alkanes of at least 4 members (excludes halogenated alkanes) is 2. The molecule has 0 rings (SSSR count). The van der Waals surface area contributed by atoms with E-state index in [0.29, 0.717) is 0 Å².